The number of amides is 2. The Bertz CT molecular complexity index is 1150. The Balaban J connectivity index is 1.65. The van der Waals surface area contributed by atoms with Crippen LogP contribution in [0.1, 0.15) is 17.5 Å². The quantitative estimate of drug-likeness (QED) is 0.522. The smallest absolute Gasteiger partial charge is 0.295 e. The van der Waals surface area contributed by atoms with Crippen LogP contribution < -0.4 is 10.6 Å². The van der Waals surface area contributed by atoms with E-state index in [1.165, 1.54) is 18.3 Å². The lowest BCUT2D eigenvalue weighted by Crippen LogP contribution is -2.14. The summed E-state index contributed by atoms with van der Waals surface area (Å²) in [5, 5.41) is 11.9. The molecule has 0 aliphatic carbocycles. The zero-order valence-corrected chi connectivity index (χ0v) is 16.3. The lowest BCUT2D eigenvalue weighted by Gasteiger charge is -2.06. The third-order valence-electron chi connectivity index (χ3n) is 3.99. The maximum Gasteiger partial charge on any atom is 0.295 e. The molecule has 0 saturated carbocycles. The van der Waals surface area contributed by atoms with Gasteiger partial charge >= 0.3 is 0 Å². The molecule has 144 valence electrons. The Morgan fingerprint density at radius 3 is 2.38 bits per heavy atom. The lowest BCUT2D eigenvalue weighted by molar-refractivity contribution is -0.114. The van der Waals surface area contributed by atoms with Crippen molar-refractivity contribution in [3.8, 4) is 16.4 Å². The lowest BCUT2D eigenvalue weighted by atomic mass is 10.2. The standard InChI is InChI=1S/C21H17N5O2S/c1-14(27)22-15-7-5-8-16(13-15)23-21(28)19-24-20(18-11-6-12-29-18)26(25-19)17-9-3-2-4-10-17/h2-13H,1H3,(H,22,27)(H,23,28). The minimum atomic E-state index is -0.433. The summed E-state index contributed by atoms with van der Waals surface area (Å²) in [5.74, 6) is 0.0420. The summed E-state index contributed by atoms with van der Waals surface area (Å²) in [4.78, 5) is 29.4. The second kappa shape index (κ2) is 8.07. The number of carbonyl (C=O) groups is 2. The normalized spacial score (nSPS) is 10.5. The van der Waals surface area contributed by atoms with Crippen molar-refractivity contribution in [2.24, 2.45) is 0 Å². The predicted octanol–water partition coefficient (Wildman–Crippen LogP) is 4.21. The molecule has 2 heterocycles. The molecule has 2 N–H and O–H groups in total. The molecule has 8 heteroatoms. The summed E-state index contributed by atoms with van der Waals surface area (Å²) in [6, 6.07) is 20.3. The average Bonchev–Trinajstić information content (AvgIpc) is 3.38. The minimum absolute atomic E-state index is 0.0576. The van der Waals surface area contributed by atoms with Crippen LogP contribution in [0.2, 0.25) is 0 Å². The average molecular weight is 403 g/mol. The molecule has 2 amide bonds. The zero-order valence-electron chi connectivity index (χ0n) is 15.5. The van der Waals surface area contributed by atoms with Crippen LogP contribution in [0.25, 0.3) is 16.4 Å². The van der Waals surface area contributed by atoms with Gasteiger partial charge in [-0.15, -0.1) is 16.4 Å². The molecule has 7 nitrogen and oxygen atoms in total. The van der Waals surface area contributed by atoms with Crippen molar-refractivity contribution >= 4 is 34.5 Å². The van der Waals surface area contributed by atoms with Gasteiger partial charge in [-0.2, -0.15) is 0 Å². The Morgan fingerprint density at radius 2 is 1.69 bits per heavy atom. The van der Waals surface area contributed by atoms with Gasteiger partial charge in [0.2, 0.25) is 11.7 Å². The highest BCUT2D eigenvalue weighted by atomic mass is 32.1. The third kappa shape index (κ3) is 4.22. The van der Waals surface area contributed by atoms with E-state index in [1.54, 1.807) is 28.9 Å². The van der Waals surface area contributed by atoms with Gasteiger partial charge in [0, 0.05) is 18.3 Å². The topological polar surface area (TPSA) is 88.9 Å². The second-order valence-electron chi connectivity index (χ2n) is 6.20. The Labute approximate surface area is 171 Å². The number of thiophene rings is 1. The van der Waals surface area contributed by atoms with Crippen molar-refractivity contribution in [2.75, 3.05) is 10.6 Å². The van der Waals surface area contributed by atoms with Crippen LogP contribution in [0, 0.1) is 0 Å². The number of carbonyl (C=O) groups excluding carboxylic acids is 2. The van der Waals surface area contributed by atoms with Crippen molar-refractivity contribution in [3.63, 3.8) is 0 Å². The van der Waals surface area contributed by atoms with Gasteiger partial charge in [-0.05, 0) is 41.8 Å². The van der Waals surface area contributed by atoms with Gasteiger partial charge in [-0.1, -0.05) is 30.3 Å². The number of aromatic nitrogens is 3. The fraction of sp³-hybridized carbons (Fsp3) is 0.0476. The number of nitrogens with one attached hydrogen (secondary N) is 2. The summed E-state index contributed by atoms with van der Waals surface area (Å²) in [5.41, 5.74) is 1.95. The summed E-state index contributed by atoms with van der Waals surface area (Å²) in [6.07, 6.45) is 0. The Kier molecular flexibility index (Phi) is 5.17. The molecule has 4 rings (SSSR count). The first-order valence-electron chi connectivity index (χ1n) is 8.85. The van der Waals surface area contributed by atoms with Gasteiger partial charge in [0.1, 0.15) is 0 Å². The number of anilines is 2. The Morgan fingerprint density at radius 1 is 0.931 bits per heavy atom. The minimum Gasteiger partial charge on any atom is -0.326 e. The number of rotatable bonds is 5. The maximum atomic E-state index is 12.8. The molecular weight excluding hydrogens is 386 g/mol. The van der Waals surface area contributed by atoms with Gasteiger partial charge in [0.25, 0.3) is 5.91 Å². The van der Waals surface area contributed by atoms with Crippen molar-refractivity contribution in [1.29, 1.82) is 0 Å². The molecule has 0 spiro atoms. The highest BCUT2D eigenvalue weighted by Crippen LogP contribution is 2.26. The van der Waals surface area contributed by atoms with Gasteiger partial charge in [-0.3, -0.25) is 9.59 Å². The predicted molar refractivity (Wildman–Crippen MR) is 113 cm³/mol. The van der Waals surface area contributed by atoms with Crippen molar-refractivity contribution in [3.05, 3.63) is 77.9 Å². The van der Waals surface area contributed by atoms with Crippen LogP contribution in [0.15, 0.2) is 72.1 Å². The second-order valence-corrected chi connectivity index (χ2v) is 7.15. The van der Waals surface area contributed by atoms with E-state index in [4.69, 9.17) is 0 Å². The molecule has 0 fully saturated rings. The van der Waals surface area contributed by atoms with Crippen LogP contribution in [-0.4, -0.2) is 26.6 Å². The van der Waals surface area contributed by atoms with Gasteiger partial charge in [0.05, 0.1) is 10.6 Å². The van der Waals surface area contributed by atoms with Crippen LogP contribution >= 0.6 is 11.3 Å². The van der Waals surface area contributed by atoms with Gasteiger partial charge in [0.15, 0.2) is 5.82 Å². The first-order chi connectivity index (χ1) is 14.1. The van der Waals surface area contributed by atoms with E-state index >= 15 is 0 Å². The van der Waals surface area contributed by atoms with E-state index < -0.39 is 5.91 Å². The SMILES string of the molecule is CC(=O)Nc1cccc(NC(=O)c2nc(-c3cccs3)n(-c3ccccc3)n2)c1. The Hall–Kier alpha value is -3.78. The van der Waals surface area contributed by atoms with Crippen molar-refractivity contribution in [2.45, 2.75) is 6.92 Å². The largest absolute Gasteiger partial charge is 0.326 e. The molecule has 0 radical (unpaired) electrons. The summed E-state index contributed by atoms with van der Waals surface area (Å²) >= 11 is 1.53. The highest BCUT2D eigenvalue weighted by molar-refractivity contribution is 7.13. The molecule has 0 saturated heterocycles. The summed E-state index contributed by atoms with van der Waals surface area (Å²) in [7, 11) is 0. The molecule has 0 unspecified atom stereocenters. The zero-order chi connectivity index (χ0) is 20.2. The molecule has 0 aliphatic heterocycles. The van der Waals surface area contributed by atoms with Crippen LogP contribution in [0.5, 0.6) is 0 Å². The number of benzene rings is 2. The number of nitrogens with zero attached hydrogens (tertiary/aromatic N) is 3. The van der Waals surface area contributed by atoms with E-state index in [9.17, 15) is 9.59 Å². The number of para-hydroxylation sites is 1. The summed E-state index contributed by atoms with van der Waals surface area (Å²) < 4.78 is 1.66. The number of hydrogen-bond acceptors (Lipinski definition) is 5. The monoisotopic (exact) mass is 403 g/mol. The van der Waals surface area contributed by atoms with Gasteiger partial charge in [-0.25, -0.2) is 9.67 Å². The van der Waals surface area contributed by atoms with Crippen molar-refractivity contribution < 1.29 is 9.59 Å². The van der Waals surface area contributed by atoms with Gasteiger partial charge < -0.3 is 10.6 Å². The van der Waals surface area contributed by atoms with E-state index in [1.807, 2.05) is 47.8 Å². The van der Waals surface area contributed by atoms with Crippen LogP contribution in [0.3, 0.4) is 0 Å². The van der Waals surface area contributed by atoms with E-state index in [0.29, 0.717) is 17.2 Å². The van der Waals surface area contributed by atoms with Crippen molar-refractivity contribution in [1.82, 2.24) is 14.8 Å². The molecule has 0 atom stereocenters. The van der Waals surface area contributed by atoms with Crippen LogP contribution in [0.4, 0.5) is 11.4 Å². The first kappa shape index (κ1) is 18.6. The van der Waals surface area contributed by atoms with Crippen LogP contribution in [-0.2, 0) is 4.79 Å². The summed E-state index contributed by atoms with van der Waals surface area (Å²) in [6.45, 7) is 1.43. The fourth-order valence-electron chi connectivity index (χ4n) is 2.79. The van der Waals surface area contributed by atoms with E-state index in [-0.39, 0.29) is 11.7 Å². The maximum absolute atomic E-state index is 12.8. The molecule has 2 aromatic carbocycles. The molecule has 0 bridgehead atoms. The van der Waals surface area contributed by atoms with E-state index in [2.05, 4.69) is 20.7 Å². The first-order valence-corrected chi connectivity index (χ1v) is 9.73. The molecule has 2 aromatic heterocycles. The van der Waals surface area contributed by atoms with E-state index in [0.717, 1.165) is 10.6 Å². The number of hydrogen-bond donors (Lipinski definition) is 2. The molecule has 0 aliphatic rings. The highest BCUT2D eigenvalue weighted by Gasteiger charge is 2.19. The third-order valence-corrected chi connectivity index (χ3v) is 4.86. The fourth-order valence-corrected chi connectivity index (χ4v) is 3.49. The molecular formula is C21H17N5O2S. The molecule has 4 aromatic rings. The molecule has 29 heavy (non-hydrogen) atoms.